The third-order valence-corrected chi connectivity index (χ3v) is 2.54. The summed E-state index contributed by atoms with van der Waals surface area (Å²) in [6.45, 7) is 1.98. The summed E-state index contributed by atoms with van der Waals surface area (Å²) in [5, 5.41) is 0. The fraction of sp³-hybridized carbons (Fsp3) is 0.133. The minimum atomic E-state index is -0.218. The quantitative estimate of drug-likeness (QED) is 0.691. The van der Waals surface area contributed by atoms with Crippen molar-refractivity contribution in [2.75, 3.05) is 0 Å². The maximum absolute atomic E-state index is 13.6. The molecule has 0 radical (unpaired) electrons. The van der Waals surface area contributed by atoms with Crippen LogP contribution in [0, 0.1) is 5.82 Å². The molecule has 2 rings (SSSR count). The summed E-state index contributed by atoms with van der Waals surface area (Å²) in [4.78, 5) is 4.48. The molecule has 0 aliphatic carbocycles. The molecule has 0 aliphatic rings. The second-order valence-electron chi connectivity index (χ2n) is 3.73. The minimum absolute atomic E-state index is 0.218. The molecule has 0 heterocycles. The Morgan fingerprint density at radius 3 is 2.29 bits per heavy atom. The topological polar surface area (TPSA) is 12.4 Å². The van der Waals surface area contributed by atoms with Gasteiger partial charge < -0.3 is 0 Å². The van der Waals surface area contributed by atoms with E-state index < -0.39 is 0 Å². The van der Waals surface area contributed by atoms with E-state index in [1.54, 1.807) is 12.1 Å². The van der Waals surface area contributed by atoms with E-state index in [4.69, 9.17) is 0 Å². The van der Waals surface area contributed by atoms with Gasteiger partial charge in [0.25, 0.3) is 0 Å². The van der Waals surface area contributed by atoms with E-state index in [0.717, 1.165) is 11.4 Å². The number of benzene rings is 2. The average Bonchev–Trinajstić information content (AvgIpc) is 2.38. The maximum atomic E-state index is 13.6. The van der Waals surface area contributed by atoms with Crippen LogP contribution in [0.5, 0.6) is 0 Å². The molecule has 0 atom stereocenters. The molecule has 2 heteroatoms. The highest BCUT2D eigenvalue weighted by molar-refractivity contribution is 6.02. The van der Waals surface area contributed by atoms with Gasteiger partial charge in [0.05, 0.1) is 11.4 Å². The molecule has 0 saturated carbocycles. The predicted molar refractivity (Wildman–Crippen MR) is 69.3 cm³/mol. The third kappa shape index (κ3) is 2.78. The van der Waals surface area contributed by atoms with Crippen LogP contribution in [-0.2, 0) is 0 Å². The van der Waals surface area contributed by atoms with Gasteiger partial charge in [-0.2, -0.15) is 0 Å². The molecule has 0 aromatic heterocycles. The van der Waals surface area contributed by atoms with Gasteiger partial charge >= 0.3 is 0 Å². The summed E-state index contributed by atoms with van der Waals surface area (Å²) in [6.07, 6.45) is 0.704. The standard InChI is InChI=1S/C15H14FN/c1-2-15(13-10-6-7-11-14(13)16)17-12-8-4-3-5-9-12/h3-11H,2H2,1H3/b17-15+. The maximum Gasteiger partial charge on any atom is 0.132 e. The Bertz CT molecular complexity index is 517. The van der Waals surface area contributed by atoms with Crippen molar-refractivity contribution < 1.29 is 4.39 Å². The van der Waals surface area contributed by atoms with Crippen LogP contribution in [0.3, 0.4) is 0 Å². The first-order chi connectivity index (χ1) is 8.31. The van der Waals surface area contributed by atoms with Crippen molar-refractivity contribution in [2.24, 2.45) is 4.99 Å². The van der Waals surface area contributed by atoms with Crippen molar-refractivity contribution in [1.29, 1.82) is 0 Å². The third-order valence-electron chi connectivity index (χ3n) is 2.54. The van der Waals surface area contributed by atoms with Gasteiger partial charge in [0.15, 0.2) is 0 Å². The highest BCUT2D eigenvalue weighted by Gasteiger charge is 2.06. The first-order valence-electron chi connectivity index (χ1n) is 5.68. The molecular formula is C15H14FN. The molecule has 0 spiro atoms. The number of hydrogen-bond donors (Lipinski definition) is 0. The predicted octanol–water partition coefficient (Wildman–Crippen LogP) is 4.36. The van der Waals surface area contributed by atoms with Gasteiger partial charge in [-0.3, -0.25) is 4.99 Å². The average molecular weight is 227 g/mol. The summed E-state index contributed by atoms with van der Waals surface area (Å²) in [6, 6.07) is 16.4. The van der Waals surface area contributed by atoms with Crippen LogP contribution in [0.25, 0.3) is 0 Å². The van der Waals surface area contributed by atoms with Crippen molar-refractivity contribution in [3.05, 3.63) is 66.0 Å². The fourth-order valence-electron chi connectivity index (χ4n) is 1.68. The van der Waals surface area contributed by atoms with Crippen LogP contribution in [0.1, 0.15) is 18.9 Å². The van der Waals surface area contributed by atoms with E-state index in [1.807, 2.05) is 43.3 Å². The smallest absolute Gasteiger partial charge is 0.132 e. The van der Waals surface area contributed by atoms with Crippen molar-refractivity contribution in [2.45, 2.75) is 13.3 Å². The van der Waals surface area contributed by atoms with E-state index in [2.05, 4.69) is 4.99 Å². The summed E-state index contributed by atoms with van der Waals surface area (Å²) < 4.78 is 13.6. The molecule has 0 unspecified atom stereocenters. The molecule has 0 aliphatic heterocycles. The largest absolute Gasteiger partial charge is 0.253 e. The Morgan fingerprint density at radius 1 is 1.00 bits per heavy atom. The summed E-state index contributed by atoms with van der Waals surface area (Å²) in [5.74, 6) is -0.218. The lowest BCUT2D eigenvalue weighted by Crippen LogP contribution is -2.01. The molecule has 2 aromatic rings. The van der Waals surface area contributed by atoms with E-state index in [1.165, 1.54) is 6.07 Å². The van der Waals surface area contributed by atoms with E-state index >= 15 is 0 Å². The zero-order valence-corrected chi connectivity index (χ0v) is 9.73. The van der Waals surface area contributed by atoms with Crippen LogP contribution in [0.4, 0.5) is 10.1 Å². The normalized spacial score (nSPS) is 11.5. The zero-order valence-electron chi connectivity index (χ0n) is 9.73. The van der Waals surface area contributed by atoms with Gasteiger partial charge in [-0.15, -0.1) is 0 Å². The number of halogens is 1. The SMILES string of the molecule is CC/C(=N\c1ccccc1)c1ccccc1F. The fourth-order valence-corrected chi connectivity index (χ4v) is 1.68. The van der Waals surface area contributed by atoms with Gasteiger partial charge in [0.1, 0.15) is 5.82 Å². The second kappa shape index (κ2) is 5.39. The lowest BCUT2D eigenvalue weighted by Gasteiger charge is -2.05. The molecule has 0 fully saturated rings. The number of aliphatic imine (C=N–C) groups is 1. The number of para-hydroxylation sites is 1. The zero-order chi connectivity index (χ0) is 12.1. The monoisotopic (exact) mass is 227 g/mol. The molecule has 0 N–H and O–H groups in total. The van der Waals surface area contributed by atoms with Gasteiger partial charge in [0.2, 0.25) is 0 Å². The first-order valence-corrected chi connectivity index (χ1v) is 5.68. The van der Waals surface area contributed by atoms with Crippen molar-refractivity contribution in [3.8, 4) is 0 Å². The number of hydrogen-bond acceptors (Lipinski definition) is 1. The van der Waals surface area contributed by atoms with Gasteiger partial charge in [-0.1, -0.05) is 43.3 Å². The molecule has 0 saturated heterocycles. The van der Waals surface area contributed by atoms with Crippen molar-refractivity contribution >= 4 is 11.4 Å². The Morgan fingerprint density at radius 2 is 1.65 bits per heavy atom. The van der Waals surface area contributed by atoms with Crippen LogP contribution in [0.15, 0.2) is 59.6 Å². The molecular weight excluding hydrogens is 213 g/mol. The highest BCUT2D eigenvalue weighted by atomic mass is 19.1. The summed E-state index contributed by atoms with van der Waals surface area (Å²) >= 11 is 0. The summed E-state index contributed by atoms with van der Waals surface area (Å²) in [7, 11) is 0. The Kier molecular flexibility index (Phi) is 3.66. The van der Waals surface area contributed by atoms with E-state index in [-0.39, 0.29) is 5.82 Å². The van der Waals surface area contributed by atoms with E-state index in [9.17, 15) is 4.39 Å². The van der Waals surface area contributed by atoms with Crippen LogP contribution < -0.4 is 0 Å². The minimum Gasteiger partial charge on any atom is -0.253 e. The Balaban J connectivity index is 2.41. The van der Waals surface area contributed by atoms with Crippen LogP contribution in [0.2, 0.25) is 0 Å². The lowest BCUT2D eigenvalue weighted by atomic mass is 10.1. The molecule has 17 heavy (non-hydrogen) atoms. The molecule has 2 aromatic carbocycles. The summed E-state index contributed by atoms with van der Waals surface area (Å²) in [5.41, 5.74) is 2.21. The Labute approximate surface area is 101 Å². The van der Waals surface area contributed by atoms with E-state index in [0.29, 0.717) is 12.0 Å². The number of rotatable bonds is 3. The molecule has 0 amide bonds. The van der Waals surface area contributed by atoms with Crippen molar-refractivity contribution in [1.82, 2.24) is 0 Å². The first kappa shape index (κ1) is 11.5. The molecule has 1 nitrogen and oxygen atoms in total. The lowest BCUT2D eigenvalue weighted by molar-refractivity contribution is 0.625. The molecule has 0 bridgehead atoms. The Hall–Kier alpha value is -1.96. The second-order valence-corrected chi connectivity index (χ2v) is 3.73. The van der Waals surface area contributed by atoms with Gasteiger partial charge in [-0.25, -0.2) is 4.39 Å². The van der Waals surface area contributed by atoms with Crippen LogP contribution >= 0.6 is 0 Å². The molecule has 86 valence electrons. The van der Waals surface area contributed by atoms with Crippen molar-refractivity contribution in [3.63, 3.8) is 0 Å². The van der Waals surface area contributed by atoms with Gasteiger partial charge in [-0.05, 0) is 24.6 Å². The van der Waals surface area contributed by atoms with Crippen LogP contribution in [-0.4, -0.2) is 5.71 Å². The van der Waals surface area contributed by atoms with Gasteiger partial charge in [0, 0.05) is 5.56 Å². The number of nitrogens with zero attached hydrogens (tertiary/aromatic N) is 1. The highest BCUT2D eigenvalue weighted by Crippen LogP contribution is 2.16.